The summed E-state index contributed by atoms with van der Waals surface area (Å²) in [6, 6.07) is 0. The molecule has 13 heavy (non-hydrogen) atoms. The van der Waals surface area contributed by atoms with E-state index in [1.54, 1.807) is 0 Å². The van der Waals surface area contributed by atoms with Gasteiger partial charge in [0.15, 0.2) is 0 Å². The minimum Gasteiger partial charge on any atom is -0.360 e. The fourth-order valence-electron chi connectivity index (χ4n) is 2.17. The Balaban J connectivity index is 2.21. The maximum atomic E-state index is 4.06. The highest BCUT2D eigenvalue weighted by atomic mass is 15.3. The first kappa shape index (κ1) is 8.63. The van der Waals surface area contributed by atoms with Crippen molar-refractivity contribution in [2.75, 3.05) is 13.6 Å². The van der Waals surface area contributed by atoms with Crippen molar-refractivity contribution in [3.05, 3.63) is 24.7 Å². The van der Waals surface area contributed by atoms with Crippen LogP contribution in [0.4, 0.5) is 0 Å². The van der Waals surface area contributed by atoms with Crippen LogP contribution in [-0.2, 0) is 0 Å². The van der Waals surface area contributed by atoms with Gasteiger partial charge in [-0.05, 0) is 25.8 Å². The first-order valence-electron chi connectivity index (χ1n) is 4.77. The van der Waals surface area contributed by atoms with Crippen molar-refractivity contribution in [2.24, 2.45) is 5.92 Å². The monoisotopic (exact) mass is 179 g/mol. The Morgan fingerprint density at radius 1 is 1.54 bits per heavy atom. The van der Waals surface area contributed by atoms with Crippen molar-refractivity contribution in [2.45, 2.75) is 18.4 Å². The Hall–Kier alpha value is -0.960. The highest BCUT2D eigenvalue weighted by molar-refractivity contribution is 5.32. The summed E-state index contributed by atoms with van der Waals surface area (Å²) in [5.74, 6) is 1.60. The lowest BCUT2D eigenvalue weighted by molar-refractivity contribution is 0.382. The smallest absolute Gasteiger partial charge is 0.0963 e. The fraction of sp³-hybridized carbons (Fsp3) is 0.600. The molecule has 1 heterocycles. The van der Waals surface area contributed by atoms with E-state index in [9.17, 15) is 0 Å². The van der Waals surface area contributed by atoms with Gasteiger partial charge in [-0.25, -0.2) is 0 Å². The molecule has 2 rings (SSSR count). The molecule has 2 fully saturated rings. The Morgan fingerprint density at radius 3 is 2.62 bits per heavy atom. The quantitative estimate of drug-likeness (QED) is 0.591. The molecule has 1 aliphatic carbocycles. The van der Waals surface area contributed by atoms with Crippen LogP contribution >= 0.6 is 0 Å². The maximum absolute atomic E-state index is 4.06. The number of hydrogen-bond acceptors (Lipinski definition) is 3. The molecule has 1 atom stereocenters. The predicted octanol–water partition coefficient (Wildman–Crippen LogP) is 0.532. The van der Waals surface area contributed by atoms with Crippen molar-refractivity contribution >= 4 is 0 Å². The number of likely N-dealkylation sites (N-methyl/N-ethyl adjacent to an activating group) is 1. The van der Waals surface area contributed by atoms with E-state index in [0.717, 1.165) is 24.0 Å². The summed E-state index contributed by atoms with van der Waals surface area (Å²) in [6.07, 6.45) is 2.59. The van der Waals surface area contributed by atoms with Gasteiger partial charge in [0.1, 0.15) is 0 Å². The molecule has 2 aliphatic rings. The summed E-state index contributed by atoms with van der Waals surface area (Å²) < 4.78 is 0. The largest absolute Gasteiger partial charge is 0.360 e. The first-order chi connectivity index (χ1) is 6.19. The van der Waals surface area contributed by atoms with Crippen molar-refractivity contribution in [1.82, 2.24) is 16.0 Å². The van der Waals surface area contributed by atoms with E-state index in [0.29, 0.717) is 0 Å². The summed E-state index contributed by atoms with van der Waals surface area (Å²) in [5.41, 5.74) is 1.08. The van der Waals surface area contributed by atoms with Crippen molar-refractivity contribution in [1.29, 1.82) is 0 Å². The van der Waals surface area contributed by atoms with Crippen LogP contribution in [-0.4, -0.2) is 19.1 Å². The average molecular weight is 179 g/mol. The minimum atomic E-state index is 0.0197. The topological polar surface area (TPSA) is 36.1 Å². The molecule has 0 bridgehead atoms. The Morgan fingerprint density at radius 2 is 2.23 bits per heavy atom. The zero-order valence-corrected chi connectivity index (χ0v) is 8.11. The van der Waals surface area contributed by atoms with Crippen LogP contribution in [0.25, 0.3) is 0 Å². The maximum Gasteiger partial charge on any atom is 0.0963 e. The molecule has 3 heteroatoms. The van der Waals surface area contributed by atoms with Gasteiger partial charge in [0.05, 0.1) is 11.4 Å². The molecule has 0 spiro atoms. The van der Waals surface area contributed by atoms with Gasteiger partial charge in [0, 0.05) is 12.2 Å². The van der Waals surface area contributed by atoms with Gasteiger partial charge in [0.25, 0.3) is 0 Å². The van der Waals surface area contributed by atoms with E-state index in [1.807, 2.05) is 7.05 Å². The second kappa shape index (κ2) is 2.77. The van der Waals surface area contributed by atoms with Gasteiger partial charge in [-0.15, -0.1) is 0 Å². The summed E-state index contributed by atoms with van der Waals surface area (Å²) >= 11 is 0. The van der Waals surface area contributed by atoms with Crippen LogP contribution in [0, 0.1) is 5.92 Å². The van der Waals surface area contributed by atoms with E-state index in [2.05, 4.69) is 29.1 Å². The van der Waals surface area contributed by atoms with Gasteiger partial charge >= 0.3 is 0 Å². The normalized spacial score (nSPS) is 33.0. The summed E-state index contributed by atoms with van der Waals surface area (Å²) in [4.78, 5) is 0. The van der Waals surface area contributed by atoms with Gasteiger partial charge in [0.2, 0.25) is 0 Å². The summed E-state index contributed by atoms with van der Waals surface area (Å²) in [5, 5.41) is 9.80. The van der Waals surface area contributed by atoms with E-state index in [4.69, 9.17) is 0 Å². The van der Waals surface area contributed by atoms with Crippen molar-refractivity contribution in [3.8, 4) is 0 Å². The Labute approximate surface area is 79.3 Å². The third-order valence-electron chi connectivity index (χ3n) is 2.94. The van der Waals surface area contributed by atoms with E-state index in [1.165, 1.54) is 12.8 Å². The van der Waals surface area contributed by atoms with Crippen molar-refractivity contribution < 1.29 is 0 Å². The molecular formula is C10H17N3. The SMILES string of the molecule is C=C1NC(=C)[C@](CNC)(C2CC2)N1. The molecule has 3 N–H and O–H groups in total. The van der Waals surface area contributed by atoms with Gasteiger partial charge in [-0.2, -0.15) is 0 Å². The van der Waals surface area contributed by atoms with Crippen LogP contribution < -0.4 is 16.0 Å². The van der Waals surface area contributed by atoms with Gasteiger partial charge in [-0.1, -0.05) is 13.2 Å². The third kappa shape index (κ3) is 1.23. The van der Waals surface area contributed by atoms with Crippen LogP contribution in [0.1, 0.15) is 12.8 Å². The van der Waals surface area contributed by atoms with Gasteiger partial charge in [-0.3, -0.25) is 0 Å². The zero-order valence-electron chi connectivity index (χ0n) is 8.11. The highest BCUT2D eigenvalue weighted by Gasteiger charge is 2.50. The molecule has 0 radical (unpaired) electrons. The lowest BCUT2D eigenvalue weighted by Crippen LogP contribution is -2.50. The molecule has 1 aliphatic heterocycles. The van der Waals surface area contributed by atoms with E-state index >= 15 is 0 Å². The van der Waals surface area contributed by atoms with E-state index in [-0.39, 0.29) is 5.54 Å². The third-order valence-corrected chi connectivity index (χ3v) is 2.94. The summed E-state index contributed by atoms with van der Waals surface area (Å²) in [6.45, 7) is 8.86. The molecule has 72 valence electrons. The lowest BCUT2D eigenvalue weighted by atomic mass is 9.91. The molecule has 1 saturated carbocycles. The fourth-order valence-corrected chi connectivity index (χ4v) is 2.17. The number of hydrogen-bond donors (Lipinski definition) is 3. The van der Waals surface area contributed by atoms with Crippen LogP contribution in [0.3, 0.4) is 0 Å². The minimum absolute atomic E-state index is 0.0197. The molecule has 0 unspecified atom stereocenters. The van der Waals surface area contributed by atoms with Gasteiger partial charge < -0.3 is 16.0 Å². The number of nitrogens with one attached hydrogen (secondary N) is 3. The molecule has 0 aromatic carbocycles. The van der Waals surface area contributed by atoms with Crippen LogP contribution in [0.15, 0.2) is 24.7 Å². The Kier molecular flexibility index (Phi) is 1.84. The average Bonchev–Trinajstić information content (AvgIpc) is 2.82. The zero-order chi connectivity index (χ0) is 9.47. The molecule has 0 aromatic heterocycles. The summed E-state index contributed by atoms with van der Waals surface area (Å²) in [7, 11) is 1.97. The predicted molar refractivity (Wildman–Crippen MR) is 53.9 cm³/mol. The van der Waals surface area contributed by atoms with Crippen LogP contribution in [0.2, 0.25) is 0 Å². The molecule has 0 aromatic rings. The second-order valence-corrected chi connectivity index (χ2v) is 3.98. The molecular weight excluding hydrogens is 162 g/mol. The lowest BCUT2D eigenvalue weighted by Gasteiger charge is -2.29. The molecule has 3 nitrogen and oxygen atoms in total. The Bertz CT molecular complexity index is 255. The van der Waals surface area contributed by atoms with Crippen LogP contribution in [0.5, 0.6) is 0 Å². The second-order valence-electron chi connectivity index (χ2n) is 3.98. The first-order valence-corrected chi connectivity index (χ1v) is 4.77. The van der Waals surface area contributed by atoms with E-state index < -0.39 is 0 Å². The standard InChI is InChI=1S/C10H17N3/c1-7-10(6-11-3,9-4-5-9)13-8(2)12-7/h9,11-13H,1-2,4-6H2,3H3/t10-/m1/s1. The number of rotatable bonds is 3. The highest BCUT2D eigenvalue weighted by Crippen LogP contribution is 2.44. The van der Waals surface area contributed by atoms with Crippen molar-refractivity contribution in [3.63, 3.8) is 0 Å². The molecule has 0 amide bonds. The molecule has 1 saturated heterocycles.